The number of hydrogen-bond acceptors (Lipinski definition) is 2. The van der Waals surface area contributed by atoms with Gasteiger partial charge in [-0.2, -0.15) is 0 Å². The van der Waals surface area contributed by atoms with E-state index in [0.717, 1.165) is 5.69 Å². The number of carbonyl (C=O) groups excluding carboxylic acids is 1. The van der Waals surface area contributed by atoms with Gasteiger partial charge in [0.05, 0.1) is 18.5 Å². The maximum Gasteiger partial charge on any atom is 0.247 e. The minimum atomic E-state index is -0.253. The Bertz CT molecular complexity index is 559. The molecule has 0 radical (unpaired) electrons. The highest BCUT2D eigenvalue weighted by molar-refractivity contribution is 6.00. The van der Waals surface area contributed by atoms with E-state index in [9.17, 15) is 4.79 Å². The van der Waals surface area contributed by atoms with Gasteiger partial charge in [0.2, 0.25) is 5.91 Å². The summed E-state index contributed by atoms with van der Waals surface area (Å²) in [5.41, 5.74) is 1.55. The molecule has 2 rings (SSSR count). The van der Waals surface area contributed by atoms with Crippen molar-refractivity contribution >= 4 is 11.6 Å². The Hall–Kier alpha value is -2.49. The zero-order chi connectivity index (χ0) is 13.0. The van der Waals surface area contributed by atoms with Gasteiger partial charge in [-0.3, -0.25) is 4.79 Å². The smallest absolute Gasteiger partial charge is 0.247 e. The highest BCUT2D eigenvalue weighted by atomic mass is 16.5. The molecule has 0 saturated carbocycles. The van der Waals surface area contributed by atoms with E-state index < -0.39 is 0 Å². The largest absolute Gasteiger partial charge is 0.497 e. The number of nitrogens with one attached hydrogen (secondary N) is 1. The van der Waals surface area contributed by atoms with Gasteiger partial charge < -0.3 is 14.6 Å². The highest BCUT2D eigenvalue weighted by Crippen LogP contribution is 2.25. The number of aromatic nitrogens is 1. The topological polar surface area (TPSA) is 43.3 Å². The Morgan fingerprint density at radius 2 is 2.11 bits per heavy atom. The molecule has 1 aromatic heterocycles. The molecule has 0 aliphatic rings. The maximum atomic E-state index is 11.4. The molecule has 1 aromatic carbocycles. The number of benzene rings is 1. The van der Waals surface area contributed by atoms with Gasteiger partial charge >= 0.3 is 0 Å². The summed E-state index contributed by atoms with van der Waals surface area (Å²) < 4.78 is 7.07. The summed E-state index contributed by atoms with van der Waals surface area (Å²) in [7, 11) is 1.59. The first-order valence-corrected chi connectivity index (χ1v) is 5.49. The Balaban J connectivity index is 2.45. The third kappa shape index (κ3) is 2.43. The minimum absolute atomic E-state index is 0.253. The number of hydrogen-bond donors (Lipinski definition) is 1. The lowest BCUT2D eigenvalue weighted by Gasteiger charge is -2.12. The molecule has 1 heterocycles. The number of carbonyl (C=O) groups is 1. The van der Waals surface area contributed by atoms with Crippen LogP contribution >= 0.6 is 0 Å². The van der Waals surface area contributed by atoms with Crippen molar-refractivity contribution in [2.24, 2.45) is 0 Å². The van der Waals surface area contributed by atoms with Gasteiger partial charge in [0.1, 0.15) is 5.75 Å². The van der Waals surface area contributed by atoms with Crippen LogP contribution in [0.5, 0.6) is 5.75 Å². The summed E-state index contributed by atoms with van der Waals surface area (Å²) in [5.74, 6) is 0.432. The van der Waals surface area contributed by atoms with E-state index in [1.807, 2.05) is 41.2 Å². The first-order valence-electron chi connectivity index (χ1n) is 5.49. The zero-order valence-corrected chi connectivity index (χ0v) is 10.1. The van der Waals surface area contributed by atoms with Crippen LogP contribution in [0.3, 0.4) is 0 Å². The first kappa shape index (κ1) is 12.0. The molecule has 2 aromatic rings. The lowest BCUT2D eigenvalue weighted by Crippen LogP contribution is -2.10. The van der Waals surface area contributed by atoms with Crippen LogP contribution in [0.25, 0.3) is 5.69 Å². The predicted molar refractivity (Wildman–Crippen MR) is 71.1 cm³/mol. The van der Waals surface area contributed by atoms with Crippen molar-refractivity contribution in [3.8, 4) is 11.4 Å². The molecule has 0 fully saturated rings. The van der Waals surface area contributed by atoms with Gasteiger partial charge in [-0.1, -0.05) is 6.58 Å². The fraction of sp³-hybridized carbons (Fsp3) is 0.0714. The van der Waals surface area contributed by atoms with Crippen LogP contribution in [0.2, 0.25) is 0 Å². The number of nitrogens with zero attached hydrogens (tertiary/aromatic N) is 1. The average Bonchev–Trinajstić information content (AvgIpc) is 2.92. The van der Waals surface area contributed by atoms with E-state index in [-0.39, 0.29) is 5.91 Å². The average molecular weight is 242 g/mol. The molecule has 0 spiro atoms. The van der Waals surface area contributed by atoms with Crippen molar-refractivity contribution in [2.75, 3.05) is 12.4 Å². The summed E-state index contributed by atoms with van der Waals surface area (Å²) in [5, 5.41) is 2.77. The van der Waals surface area contributed by atoms with Crippen molar-refractivity contribution in [1.29, 1.82) is 0 Å². The third-order valence-corrected chi connectivity index (χ3v) is 2.53. The fourth-order valence-corrected chi connectivity index (χ4v) is 1.65. The second-order valence-electron chi connectivity index (χ2n) is 3.67. The standard InChI is InChI=1S/C14H14N2O2/c1-3-14(17)15-12-10-11(18-2)6-7-13(12)16-8-4-5-9-16/h3-10H,1H2,2H3,(H,15,17). The van der Waals surface area contributed by atoms with Crippen molar-refractivity contribution in [1.82, 2.24) is 4.57 Å². The van der Waals surface area contributed by atoms with Crippen LogP contribution in [0.1, 0.15) is 0 Å². The number of anilines is 1. The fourth-order valence-electron chi connectivity index (χ4n) is 1.65. The molecule has 18 heavy (non-hydrogen) atoms. The Kier molecular flexibility index (Phi) is 3.48. The molecule has 0 aliphatic carbocycles. The summed E-state index contributed by atoms with van der Waals surface area (Å²) in [6.07, 6.45) is 5.05. The van der Waals surface area contributed by atoms with E-state index in [0.29, 0.717) is 11.4 Å². The van der Waals surface area contributed by atoms with E-state index in [4.69, 9.17) is 4.74 Å². The molecule has 0 atom stereocenters. The van der Waals surface area contributed by atoms with Gasteiger partial charge in [0.25, 0.3) is 0 Å². The molecule has 0 saturated heterocycles. The van der Waals surface area contributed by atoms with Crippen molar-refractivity contribution < 1.29 is 9.53 Å². The normalized spacial score (nSPS) is 9.83. The predicted octanol–water partition coefficient (Wildman–Crippen LogP) is 2.61. The van der Waals surface area contributed by atoms with Crippen LogP contribution in [0, 0.1) is 0 Å². The second-order valence-corrected chi connectivity index (χ2v) is 3.67. The first-order chi connectivity index (χ1) is 8.74. The van der Waals surface area contributed by atoms with Crippen LogP contribution in [0.15, 0.2) is 55.4 Å². The van der Waals surface area contributed by atoms with Gasteiger partial charge in [0, 0.05) is 18.5 Å². The van der Waals surface area contributed by atoms with Crippen molar-refractivity contribution in [3.05, 3.63) is 55.4 Å². The van der Waals surface area contributed by atoms with Crippen LogP contribution in [-0.2, 0) is 4.79 Å². The Labute approximate surface area is 106 Å². The number of methoxy groups -OCH3 is 1. The summed E-state index contributed by atoms with van der Waals surface area (Å²) in [6.45, 7) is 3.44. The molecular weight excluding hydrogens is 228 g/mol. The SMILES string of the molecule is C=CC(=O)Nc1cc(OC)ccc1-n1cccc1. The quantitative estimate of drug-likeness (QED) is 0.837. The van der Waals surface area contributed by atoms with Gasteiger partial charge in [-0.15, -0.1) is 0 Å². The lowest BCUT2D eigenvalue weighted by atomic mass is 10.2. The van der Waals surface area contributed by atoms with Crippen LogP contribution < -0.4 is 10.1 Å². The number of ether oxygens (including phenoxy) is 1. The molecule has 0 unspecified atom stereocenters. The van der Waals surface area contributed by atoms with E-state index >= 15 is 0 Å². The van der Waals surface area contributed by atoms with Crippen molar-refractivity contribution in [2.45, 2.75) is 0 Å². The van der Waals surface area contributed by atoms with Crippen molar-refractivity contribution in [3.63, 3.8) is 0 Å². The molecule has 0 bridgehead atoms. The second kappa shape index (κ2) is 5.23. The van der Waals surface area contributed by atoms with E-state index in [1.165, 1.54) is 6.08 Å². The number of amides is 1. The summed E-state index contributed by atoms with van der Waals surface area (Å²) in [6, 6.07) is 9.35. The van der Waals surface area contributed by atoms with E-state index in [1.54, 1.807) is 13.2 Å². The Morgan fingerprint density at radius 3 is 2.72 bits per heavy atom. The van der Waals surface area contributed by atoms with Gasteiger partial charge in [0.15, 0.2) is 0 Å². The third-order valence-electron chi connectivity index (χ3n) is 2.53. The number of rotatable bonds is 4. The zero-order valence-electron chi connectivity index (χ0n) is 10.1. The molecular formula is C14H14N2O2. The molecule has 4 nitrogen and oxygen atoms in total. The molecule has 1 amide bonds. The summed E-state index contributed by atoms with van der Waals surface area (Å²) in [4.78, 5) is 11.4. The Morgan fingerprint density at radius 1 is 1.39 bits per heavy atom. The van der Waals surface area contributed by atoms with Crippen LogP contribution in [-0.4, -0.2) is 17.6 Å². The molecule has 1 N–H and O–H groups in total. The van der Waals surface area contributed by atoms with Gasteiger partial charge in [-0.25, -0.2) is 0 Å². The monoisotopic (exact) mass is 242 g/mol. The van der Waals surface area contributed by atoms with Crippen LogP contribution in [0.4, 0.5) is 5.69 Å². The molecule has 4 heteroatoms. The summed E-state index contributed by atoms with van der Waals surface area (Å²) >= 11 is 0. The minimum Gasteiger partial charge on any atom is -0.497 e. The molecule has 92 valence electrons. The van der Waals surface area contributed by atoms with Gasteiger partial charge in [-0.05, 0) is 30.3 Å². The maximum absolute atomic E-state index is 11.4. The lowest BCUT2D eigenvalue weighted by molar-refractivity contribution is -0.111. The highest BCUT2D eigenvalue weighted by Gasteiger charge is 2.07. The molecule has 0 aliphatic heterocycles. The van der Waals surface area contributed by atoms with E-state index in [2.05, 4.69) is 11.9 Å².